The van der Waals surface area contributed by atoms with Gasteiger partial charge in [-0.25, -0.2) is 0 Å². The van der Waals surface area contributed by atoms with Gasteiger partial charge >= 0.3 is 5.97 Å². The molecule has 0 aromatic heterocycles. The van der Waals surface area contributed by atoms with Gasteiger partial charge in [0.15, 0.2) is 0 Å². The fourth-order valence-corrected chi connectivity index (χ4v) is 10.8. The van der Waals surface area contributed by atoms with Crippen molar-refractivity contribution in [3.8, 4) is 0 Å². The summed E-state index contributed by atoms with van der Waals surface area (Å²) in [7, 11) is 0. The monoisotopic (exact) mass is 1060 g/mol. The van der Waals surface area contributed by atoms with Crippen molar-refractivity contribution >= 4 is 11.9 Å². The number of carbonyl (C=O) groups is 2. The quantitative estimate of drug-likeness (QED) is 0.0320. The summed E-state index contributed by atoms with van der Waals surface area (Å²) in [4.78, 5) is 24.6. The molecular formula is C69H133NO5. The van der Waals surface area contributed by atoms with Gasteiger partial charge in [0.25, 0.3) is 0 Å². The van der Waals surface area contributed by atoms with Gasteiger partial charge in [0.05, 0.1) is 25.4 Å². The van der Waals surface area contributed by atoms with E-state index in [0.717, 1.165) is 51.4 Å². The zero-order chi connectivity index (χ0) is 54.3. The van der Waals surface area contributed by atoms with E-state index in [-0.39, 0.29) is 18.5 Å². The van der Waals surface area contributed by atoms with Crippen molar-refractivity contribution < 1.29 is 24.5 Å². The third-order valence-corrected chi connectivity index (χ3v) is 16.0. The molecule has 0 aliphatic rings. The standard InChI is InChI=1S/C69H133NO5/c1-3-5-7-9-11-13-15-17-19-21-23-24-25-26-27-29-33-37-41-45-49-53-57-61-67(72)66(65-71)70-68(73)62-58-54-50-46-42-38-34-30-28-32-36-40-44-48-52-56-60-64-75-69(74)63-59-55-51-47-43-39-35-31-22-20-18-16-14-12-10-8-6-4-2/h14,16,20,22,66-67,71-72H,3-13,15,17-19,21,23-65H2,1-2H3,(H,70,73)/b16-14-,22-20-. The molecule has 0 radical (unpaired) electrons. The van der Waals surface area contributed by atoms with E-state index in [0.29, 0.717) is 25.9 Å². The van der Waals surface area contributed by atoms with Crippen molar-refractivity contribution in [1.29, 1.82) is 0 Å². The molecule has 0 aromatic rings. The number of aliphatic hydroxyl groups is 2. The summed E-state index contributed by atoms with van der Waals surface area (Å²) in [6, 6.07) is -0.547. The first-order valence-corrected chi connectivity index (χ1v) is 34.1. The van der Waals surface area contributed by atoms with Crippen LogP contribution < -0.4 is 5.32 Å². The molecule has 0 saturated heterocycles. The Bertz CT molecular complexity index is 1170. The highest BCUT2D eigenvalue weighted by molar-refractivity contribution is 5.76. The number of hydrogen-bond donors (Lipinski definition) is 3. The number of nitrogens with one attached hydrogen (secondary N) is 1. The van der Waals surface area contributed by atoms with Crippen LogP contribution in [0.5, 0.6) is 0 Å². The highest BCUT2D eigenvalue weighted by Crippen LogP contribution is 2.19. The lowest BCUT2D eigenvalue weighted by molar-refractivity contribution is -0.143. The topological polar surface area (TPSA) is 95.9 Å². The molecule has 444 valence electrons. The maximum atomic E-state index is 12.5. The molecular weight excluding hydrogens is 923 g/mol. The molecule has 0 saturated carbocycles. The maximum absolute atomic E-state index is 12.5. The van der Waals surface area contributed by atoms with E-state index >= 15 is 0 Å². The van der Waals surface area contributed by atoms with Crippen LogP contribution in [-0.2, 0) is 14.3 Å². The Morgan fingerprint density at radius 3 is 1.03 bits per heavy atom. The number of rotatable bonds is 64. The number of aliphatic hydroxyl groups excluding tert-OH is 2. The van der Waals surface area contributed by atoms with Crippen LogP contribution in [0.2, 0.25) is 0 Å². The van der Waals surface area contributed by atoms with Crippen LogP contribution in [0.1, 0.15) is 380 Å². The average Bonchev–Trinajstić information content (AvgIpc) is 3.41. The van der Waals surface area contributed by atoms with E-state index in [1.807, 2.05) is 0 Å². The molecule has 0 spiro atoms. The third-order valence-electron chi connectivity index (χ3n) is 16.0. The molecule has 0 aliphatic heterocycles. The Morgan fingerprint density at radius 2 is 0.667 bits per heavy atom. The molecule has 0 aliphatic carbocycles. The van der Waals surface area contributed by atoms with E-state index in [1.54, 1.807) is 0 Å². The van der Waals surface area contributed by atoms with Crippen LogP contribution in [0.25, 0.3) is 0 Å². The number of ether oxygens (including phenoxy) is 1. The van der Waals surface area contributed by atoms with Crippen LogP contribution in [0.15, 0.2) is 24.3 Å². The number of allylic oxidation sites excluding steroid dienone is 4. The fourth-order valence-electron chi connectivity index (χ4n) is 10.8. The molecule has 0 bridgehead atoms. The van der Waals surface area contributed by atoms with Crippen LogP contribution >= 0.6 is 0 Å². The van der Waals surface area contributed by atoms with E-state index in [2.05, 4.69) is 43.5 Å². The van der Waals surface area contributed by atoms with Gasteiger partial charge in [0, 0.05) is 12.8 Å². The second-order valence-electron chi connectivity index (χ2n) is 23.5. The molecule has 1 amide bonds. The van der Waals surface area contributed by atoms with Gasteiger partial charge in [-0.2, -0.15) is 0 Å². The maximum Gasteiger partial charge on any atom is 0.305 e. The average molecular weight is 1060 g/mol. The van der Waals surface area contributed by atoms with E-state index in [9.17, 15) is 19.8 Å². The second-order valence-corrected chi connectivity index (χ2v) is 23.5. The summed E-state index contributed by atoms with van der Waals surface area (Å²) in [5.74, 6) is -0.0369. The van der Waals surface area contributed by atoms with Crippen LogP contribution in [0.4, 0.5) is 0 Å². The summed E-state index contributed by atoms with van der Waals surface area (Å²) in [5.41, 5.74) is 0. The van der Waals surface area contributed by atoms with Gasteiger partial charge in [-0.15, -0.1) is 0 Å². The number of unbranched alkanes of at least 4 members (excludes halogenated alkanes) is 49. The van der Waals surface area contributed by atoms with Crippen LogP contribution in [0, 0.1) is 0 Å². The largest absolute Gasteiger partial charge is 0.466 e. The van der Waals surface area contributed by atoms with E-state index < -0.39 is 12.1 Å². The van der Waals surface area contributed by atoms with Gasteiger partial charge in [-0.3, -0.25) is 9.59 Å². The summed E-state index contributed by atoms with van der Waals surface area (Å²) in [5, 5.41) is 23.4. The smallest absolute Gasteiger partial charge is 0.305 e. The minimum Gasteiger partial charge on any atom is -0.466 e. The molecule has 2 unspecified atom stereocenters. The predicted molar refractivity (Wildman–Crippen MR) is 329 cm³/mol. The van der Waals surface area contributed by atoms with Gasteiger partial charge in [0.1, 0.15) is 0 Å². The lowest BCUT2D eigenvalue weighted by Crippen LogP contribution is -2.45. The van der Waals surface area contributed by atoms with Crippen molar-refractivity contribution in [3.05, 3.63) is 24.3 Å². The molecule has 0 heterocycles. The summed E-state index contributed by atoms with van der Waals surface area (Å²) in [6.07, 6.45) is 80.6. The Hall–Kier alpha value is -1.66. The Labute approximate surface area is 469 Å². The van der Waals surface area contributed by atoms with Crippen molar-refractivity contribution in [2.75, 3.05) is 13.2 Å². The Kier molecular flexibility index (Phi) is 63.4. The SMILES string of the molecule is CCCCCC/C=C\C/C=C\CCCCCCCCCC(=O)OCCCCCCCCCCCCCCCCCCCC(=O)NC(CO)C(O)CCCCCCCCCCCCCCCCCCCCCCCCC. The fraction of sp³-hybridized carbons (Fsp3) is 0.913. The van der Waals surface area contributed by atoms with E-state index in [4.69, 9.17) is 4.74 Å². The zero-order valence-electron chi connectivity index (χ0n) is 50.8. The molecule has 2 atom stereocenters. The first-order valence-electron chi connectivity index (χ1n) is 34.1. The minimum atomic E-state index is -0.670. The highest BCUT2D eigenvalue weighted by Gasteiger charge is 2.20. The Balaban J connectivity index is 3.41. The normalized spacial score (nSPS) is 12.6. The van der Waals surface area contributed by atoms with Gasteiger partial charge < -0.3 is 20.3 Å². The molecule has 6 nitrogen and oxygen atoms in total. The first kappa shape index (κ1) is 73.3. The van der Waals surface area contributed by atoms with Crippen LogP contribution in [0.3, 0.4) is 0 Å². The molecule has 0 aromatic carbocycles. The molecule has 0 fully saturated rings. The number of hydrogen-bond acceptors (Lipinski definition) is 5. The van der Waals surface area contributed by atoms with Crippen LogP contribution in [-0.4, -0.2) is 47.4 Å². The number of esters is 1. The number of carbonyl (C=O) groups excluding carboxylic acids is 2. The summed E-state index contributed by atoms with van der Waals surface area (Å²) >= 11 is 0. The molecule has 3 N–H and O–H groups in total. The zero-order valence-corrected chi connectivity index (χ0v) is 50.8. The van der Waals surface area contributed by atoms with Gasteiger partial charge in [-0.05, 0) is 57.8 Å². The first-order chi connectivity index (χ1) is 37.0. The third kappa shape index (κ3) is 61.4. The van der Waals surface area contributed by atoms with Crippen molar-refractivity contribution in [3.63, 3.8) is 0 Å². The highest BCUT2D eigenvalue weighted by atomic mass is 16.5. The van der Waals surface area contributed by atoms with E-state index in [1.165, 1.54) is 295 Å². The van der Waals surface area contributed by atoms with Gasteiger partial charge in [-0.1, -0.05) is 334 Å². The summed E-state index contributed by atoms with van der Waals surface area (Å²) < 4.78 is 5.49. The van der Waals surface area contributed by atoms with Gasteiger partial charge in [0.2, 0.25) is 5.91 Å². The predicted octanol–water partition coefficient (Wildman–Crippen LogP) is 21.8. The van der Waals surface area contributed by atoms with Crippen molar-refractivity contribution in [2.24, 2.45) is 0 Å². The summed E-state index contributed by atoms with van der Waals surface area (Å²) in [6.45, 7) is 4.96. The lowest BCUT2D eigenvalue weighted by atomic mass is 10.0. The lowest BCUT2D eigenvalue weighted by Gasteiger charge is -2.22. The minimum absolute atomic E-state index is 0.000765. The van der Waals surface area contributed by atoms with Crippen molar-refractivity contribution in [1.82, 2.24) is 5.32 Å². The molecule has 75 heavy (non-hydrogen) atoms. The molecule has 0 rings (SSSR count). The molecule has 6 heteroatoms. The van der Waals surface area contributed by atoms with Crippen molar-refractivity contribution in [2.45, 2.75) is 392 Å². The second kappa shape index (κ2) is 64.9. The number of amides is 1. The Morgan fingerprint density at radius 1 is 0.373 bits per heavy atom.